The Morgan fingerprint density at radius 3 is 3.08 bits per heavy atom. The maximum absolute atomic E-state index is 10.1. The highest BCUT2D eigenvalue weighted by Gasteiger charge is 2.15. The van der Waals surface area contributed by atoms with E-state index in [-0.39, 0.29) is 6.10 Å². The summed E-state index contributed by atoms with van der Waals surface area (Å²) in [6.07, 6.45) is 4.55. The Bertz CT molecular complexity index is 342. The van der Waals surface area contributed by atoms with Gasteiger partial charge < -0.3 is 4.74 Å². The van der Waals surface area contributed by atoms with Gasteiger partial charge in [-0.05, 0) is 23.6 Å². The number of allylic oxidation sites excluding steroid dienone is 1. The summed E-state index contributed by atoms with van der Waals surface area (Å²) in [5.74, 6) is 0. The van der Waals surface area contributed by atoms with E-state index in [2.05, 4.69) is 0 Å². The van der Waals surface area contributed by atoms with Crippen molar-refractivity contribution in [1.82, 2.24) is 0 Å². The molecule has 0 saturated heterocycles. The van der Waals surface area contributed by atoms with Crippen molar-refractivity contribution in [2.24, 2.45) is 0 Å². The standard InChI is InChI=1S/C11H9O2/c12-8-13-11-7-3-5-9-4-1-2-6-10(9)11/h1-4,6-7,11H,5H2. The Hall–Kier alpha value is -1.57. The maximum Gasteiger partial charge on any atom is 0.418 e. The molecule has 1 aromatic carbocycles. The first-order valence-corrected chi connectivity index (χ1v) is 4.19. The van der Waals surface area contributed by atoms with Crippen molar-refractivity contribution in [3.8, 4) is 0 Å². The molecular weight excluding hydrogens is 164 g/mol. The first-order chi connectivity index (χ1) is 6.42. The molecule has 13 heavy (non-hydrogen) atoms. The fourth-order valence-corrected chi connectivity index (χ4v) is 1.57. The average Bonchev–Trinajstić information content (AvgIpc) is 2.19. The number of hydrogen-bond acceptors (Lipinski definition) is 2. The van der Waals surface area contributed by atoms with E-state index in [9.17, 15) is 4.79 Å². The minimum atomic E-state index is -0.248. The Morgan fingerprint density at radius 1 is 1.38 bits per heavy atom. The number of fused-ring (bicyclic) bond motifs is 1. The summed E-state index contributed by atoms with van der Waals surface area (Å²) in [6, 6.07) is 7.94. The number of rotatable bonds is 2. The van der Waals surface area contributed by atoms with Gasteiger partial charge in [0.15, 0.2) is 0 Å². The number of hydrogen-bond donors (Lipinski definition) is 0. The van der Waals surface area contributed by atoms with Crippen molar-refractivity contribution in [1.29, 1.82) is 0 Å². The monoisotopic (exact) mass is 173 g/mol. The molecular formula is C11H9O2. The van der Waals surface area contributed by atoms with Crippen LogP contribution in [0, 0.1) is 0 Å². The average molecular weight is 173 g/mol. The van der Waals surface area contributed by atoms with Gasteiger partial charge in [-0.3, -0.25) is 0 Å². The van der Waals surface area contributed by atoms with Gasteiger partial charge in [0.25, 0.3) is 0 Å². The second-order valence-electron chi connectivity index (χ2n) is 2.95. The normalized spacial score (nSPS) is 19.2. The number of ether oxygens (including phenoxy) is 1. The summed E-state index contributed by atoms with van der Waals surface area (Å²) in [5.41, 5.74) is 2.28. The predicted octanol–water partition coefficient (Wildman–Crippen LogP) is 1.92. The van der Waals surface area contributed by atoms with Crippen LogP contribution >= 0.6 is 0 Å². The van der Waals surface area contributed by atoms with E-state index in [1.807, 2.05) is 36.4 Å². The molecule has 0 heterocycles. The molecule has 0 bridgehead atoms. The van der Waals surface area contributed by atoms with Gasteiger partial charge in [0, 0.05) is 0 Å². The highest BCUT2D eigenvalue weighted by molar-refractivity contribution is 5.43. The first-order valence-electron chi connectivity index (χ1n) is 4.19. The lowest BCUT2D eigenvalue weighted by Crippen LogP contribution is -2.07. The largest absolute Gasteiger partial charge is 0.445 e. The Kier molecular flexibility index (Phi) is 2.13. The molecule has 1 aliphatic rings. The minimum Gasteiger partial charge on any atom is -0.445 e. The zero-order chi connectivity index (χ0) is 9.10. The molecule has 0 N–H and O–H groups in total. The zero-order valence-corrected chi connectivity index (χ0v) is 7.07. The molecule has 2 heteroatoms. The second-order valence-corrected chi connectivity index (χ2v) is 2.95. The van der Waals surface area contributed by atoms with Crippen LogP contribution in [0.25, 0.3) is 0 Å². The number of carbonyl (C=O) groups excluding carboxylic acids is 1. The molecule has 0 amide bonds. The summed E-state index contributed by atoms with van der Waals surface area (Å²) in [5, 5.41) is 0. The topological polar surface area (TPSA) is 26.3 Å². The third-order valence-corrected chi connectivity index (χ3v) is 2.19. The molecule has 0 aromatic heterocycles. The SMILES string of the molecule is O=[C]OC1C=CCc2ccccc21. The summed E-state index contributed by atoms with van der Waals surface area (Å²) < 4.78 is 4.82. The predicted molar refractivity (Wildman–Crippen MR) is 48.8 cm³/mol. The van der Waals surface area contributed by atoms with E-state index in [0.29, 0.717) is 0 Å². The molecule has 2 nitrogen and oxygen atoms in total. The molecule has 1 unspecified atom stereocenters. The molecule has 1 aromatic rings. The van der Waals surface area contributed by atoms with E-state index in [0.717, 1.165) is 12.0 Å². The van der Waals surface area contributed by atoms with Crippen LogP contribution in [0.15, 0.2) is 36.4 Å². The van der Waals surface area contributed by atoms with E-state index < -0.39 is 0 Å². The second kappa shape index (κ2) is 3.44. The van der Waals surface area contributed by atoms with Crippen LogP contribution in [0.4, 0.5) is 0 Å². The van der Waals surface area contributed by atoms with Crippen LogP contribution < -0.4 is 0 Å². The third kappa shape index (κ3) is 1.47. The van der Waals surface area contributed by atoms with Crippen molar-refractivity contribution in [3.05, 3.63) is 47.5 Å². The van der Waals surface area contributed by atoms with Gasteiger partial charge in [0.05, 0.1) is 0 Å². The van der Waals surface area contributed by atoms with Gasteiger partial charge in [0.2, 0.25) is 0 Å². The van der Waals surface area contributed by atoms with Crippen molar-refractivity contribution in [2.45, 2.75) is 12.5 Å². The molecule has 0 spiro atoms. The first kappa shape index (κ1) is 8.05. The maximum atomic E-state index is 10.1. The summed E-state index contributed by atoms with van der Waals surface area (Å²) >= 11 is 0. The van der Waals surface area contributed by atoms with Crippen LogP contribution in [-0.4, -0.2) is 6.47 Å². The van der Waals surface area contributed by atoms with Gasteiger partial charge in [-0.15, -0.1) is 0 Å². The fourth-order valence-electron chi connectivity index (χ4n) is 1.57. The van der Waals surface area contributed by atoms with E-state index in [1.165, 1.54) is 12.0 Å². The fraction of sp³-hybridized carbons (Fsp3) is 0.182. The molecule has 2 rings (SSSR count). The quantitative estimate of drug-likeness (QED) is 0.639. The van der Waals surface area contributed by atoms with Crippen molar-refractivity contribution in [3.63, 3.8) is 0 Å². The van der Waals surface area contributed by atoms with E-state index in [4.69, 9.17) is 4.74 Å². The highest BCUT2D eigenvalue weighted by atomic mass is 16.5. The number of benzene rings is 1. The lowest BCUT2D eigenvalue weighted by molar-refractivity contribution is 0.220. The van der Waals surface area contributed by atoms with E-state index >= 15 is 0 Å². The smallest absolute Gasteiger partial charge is 0.418 e. The minimum absolute atomic E-state index is 0.248. The lowest BCUT2D eigenvalue weighted by Gasteiger charge is -2.18. The molecule has 0 aliphatic heterocycles. The van der Waals surface area contributed by atoms with Crippen LogP contribution in [0.1, 0.15) is 17.2 Å². The van der Waals surface area contributed by atoms with Crippen LogP contribution in [0.2, 0.25) is 0 Å². The van der Waals surface area contributed by atoms with Crippen LogP contribution in [0.3, 0.4) is 0 Å². The highest BCUT2D eigenvalue weighted by Crippen LogP contribution is 2.26. The van der Waals surface area contributed by atoms with Crippen molar-refractivity contribution < 1.29 is 9.53 Å². The third-order valence-electron chi connectivity index (χ3n) is 2.19. The zero-order valence-electron chi connectivity index (χ0n) is 7.07. The van der Waals surface area contributed by atoms with Crippen molar-refractivity contribution >= 4 is 6.47 Å². The summed E-state index contributed by atoms with van der Waals surface area (Å²) in [4.78, 5) is 10.1. The molecule has 0 fully saturated rings. The van der Waals surface area contributed by atoms with Gasteiger partial charge in [-0.1, -0.05) is 30.3 Å². The summed E-state index contributed by atoms with van der Waals surface area (Å²) in [7, 11) is 0. The van der Waals surface area contributed by atoms with Crippen LogP contribution in [0.5, 0.6) is 0 Å². The van der Waals surface area contributed by atoms with Crippen LogP contribution in [-0.2, 0) is 16.0 Å². The molecule has 0 saturated carbocycles. The molecule has 1 atom stereocenters. The molecule has 1 radical (unpaired) electrons. The molecule has 65 valence electrons. The van der Waals surface area contributed by atoms with Gasteiger partial charge >= 0.3 is 6.47 Å². The summed E-state index contributed by atoms with van der Waals surface area (Å²) in [6.45, 7) is 1.48. The van der Waals surface area contributed by atoms with E-state index in [1.54, 1.807) is 0 Å². The van der Waals surface area contributed by atoms with Gasteiger partial charge in [0.1, 0.15) is 6.10 Å². The van der Waals surface area contributed by atoms with Gasteiger partial charge in [-0.25, -0.2) is 4.79 Å². The van der Waals surface area contributed by atoms with Crippen molar-refractivity contribution in [2.75, 3.05) is 0 Å². The Morgan fingerprint density at radius 2 is 2.23 bits per heavy atom. The lowest BCUT2D eigenvalue weighted by atomic mass is 9.95. The van der Waals surface area contributed by atoms with Gasteiger partial charge in [-0.2, -0.15) is 0 Å². The Balaban J connectivity index is 2.36. The molecule has 1 aliphatic carbocycles. The Labute approximate surface area is 76.8 Å².